The van der Waals surface area contributed by atoms with E-state index in [2.05, 4.69) is 20.3 Å². The average molecular weight is 726 g/mol. The summed E-state index contributed by atoms with van der Waals surface area (Å²) in [5, 5.41) is 16.5. The first kappa shape index (κ1) is 36.4. The van der Waals surface area contributed by atoms with Gasteiger partial charge in [-0.15, -0.1) is 0 Å². The number of aromatic nitrogens is 1. The van der Waals surface area contributed by atoms with E-state index in [1.165, 1.54) is 4.90 Å². The molecule has 2 saturated carbocycles. The zero-order chi connectivity index (χ0) is 36.7. The fourth-order valence-corrected chi connectivity index (χ4v) is 8.71. The molecule has 51 heavy (non-hydrogen) atoms. The van der Waals surface area contributed by atoms with E-state index >= 15 is 0 Å². The van der Waals surface area contributed by atoms with Gasteiger partial charge in [-0.25, -0.2) is 18.2 Å². The van der Waals surface area contributed by atoms with Gasteiger partial charge in [0.25, 0.3) is 5.91 Å². The number of carboxylic acid groups (broad SMARTS) is 1. The highest BCUT2D eigenvalue weighted by atomic mass is 32.2. The molecule has 4 N–H and O–H groups in total. The quantitative estimate of drug-likeness (QED) is 0.293. The second-order valence-corrected chi connectivity index (χ2v) is 17.0. The lowest BCUT2D eigenvalue weighted by Crippen LogP contribution is -2.59. The molecule has 3 fully saturated rings. The SMILES string of the molecule is CCOc1cnc(O[C@@H]2C[C@H]3C(=O)NC4(C(=O)NS(=O)(=O)C5(C)CC5)CC4/C=C\CC[C@@H](C)C[C@@H](C)[C@H](NC(=O)O)C(=O)N3C2)c2ccccc12. The second kappa shape index (κ2) is 14.0. The number of benzene rings is 1. The highest BCUT2D eigenvalue weighted by Gasteiger charge is 2.63. The minimum Gasteiger partial charge on any atom is -0.492 e. The number of carbonyl (C=O) groups excluding carboxylic acids is 3. The minimum atomic E-state index is -4.00. The van der Waals surface area contributed by atoms with Gasteiger partial charge in [0, 0.05) is 23.1 Å². The number of nitrogens with zero attached hydrogens (tertiary/aromatic N) is 2. The number of pyridine rings is 1. The van der Waals surface area contributed by atoms with E-state index in [1.54, 1.807) is 13.1 Å². The number of nitrogens with one attached hydrogen (secondary N) is 3. The average Bonchev–Trinajstić information content (AvgIpc) is 3.96. The van der Waals surface area contributed by atoms with E-state index in [4.69, 9.17) is 9.47 Å². The molecule has 7 atom stereocenters. The summed E-state index contributed by atoms with van der Waals surface area (Å²) in [5.74, 6) is -1.95. The molecule has 4 aliphatic rings. The zero-order valence-electron chi connectivity index (χ0n) is 29.4. The van der Waals surface area contributed by atoms with Crippen molar-refractivity contribution in [3.8, 4) is 11.6 Å². The molecule has 0 radical (unpaired) electrons. The van der Waals surface area contributed by atoms with Crippen molar-refractivity contribution in [1.82, 2.24) is 25.2 Å². The first-order chi connectivity index (χ1) is 24.2. The number of amides is 4. The molecule has 15 heteroatoms. The molecule has 4 amide bonds. The molecule has 0 bridgehead atoms. The molecule has 2 unspecified atom stereocenters. The van der Waals surface area contributed by atoms with Crippen LogP contribution in [0.4, 0.5) is 4.79 Å². The monoisotopic (exact) mass is 725 g/mol. The molecule has 2 aliphatic carbocycles. The number of carbonyl (C=O) groups is 4. The van der Waals surface area contributed by atoms with Crippen LogP contribution in [0.1, 0.15) is 72.6 Å². The first-order valence-electron chi connectivity index (χ1n) is 17.7. The van der Waals surface area contributed by atoms with Gasteiger partial charge in [-0.2, -0.15) is 0 Å². The van der Waals surface area contributed by atoms with E-state index in [-0.39, 0.29) is 31.2 Å². The molecule has 1 aromatic heterocycles. The molecule has 14 nitrogen and oxygen atoms in total. The fourth-order valence-electron chi connectivity index (χ4n) is 7.39. The van der Waals surface area contributed by atoms with E-state index < -0.39 is 74.1 Å². The van der Waals surface area contributed by atoms with Crippen LogP contribution in [-0.4, -0.2) is 88.8 Å². The molecule has 2 aromatic rings. The molecule has 6 rings (SSSR count). The van der Waals surface area contributed by atoms with Crippen LogP contribution in [0.3, 0.4) is 0 Å². The number of sulfonamides is 1. The number of hydrogen-bond acceptors (Lipinski definition) is 9. The van der Waals surface area contributed by atoms with Crippen LogP contribution in [0.2, 0.25) is 0 Å². The van der Waals surface area contributed by atoms with Crippen molar-refractivity contribution in [3.05, 3.63) is 42.6 Å². The van der Waals surface area contributed by atoms with Crippen LogP contribution in [0.25, 0.3) is 10.8 Å². The Hall–Kier alpha value is -4.40. The van der Waals surface area contributed by atoms with Crippen LogP contribution in [0.15, 0.2) is 42.6 Å². The van der Waals surface area contributed by atoms with Gasteiger partial charge >= 0.3 is 6.09 Å². The van der Waals surface area contributed by atoms with Crippen LogP contribution < -0.4 is 24.8 Å². The Kier molecular flexibility index (Phi) is 9.96. The summed E-state index contributed by atoms with van der Waals surface area (Å²) < 4.78 is 39.5. The van der Waals surface area contributed by atoms with Crippen LogP contribution in [0.5, 0.6) is 11.6 Å². The minimum absolute atomic E-state index is 0.0138. The highest BCUT2D eigenvalue weighted by Crippen LogP contribution is 2.47. The summed E-state index contributed by atoms with van der Waals surface area (Å²) in [7, 11) is -4.00. The largest absolute Gasteiger partial charge is 0.492 e. The lowest BCUT2D eigenvalue weighted by atomic mass is 9.88. The van der Waals surface area contributed by atoms with E-state index in [0.29, 0.717) is 43.4 Å². The van der Waals surface area contributed by atoms with E-state index in [1.807, 2.05) is 57.2 Å². The van der Waals surface area contributed by atoms with Crippen LogP contribution in [-0.2, 0) is 24.4 Å². The predicted molar refractivity (Wildman–Crippen MR) is 187 cm³/mol. The van der Waals surface area contributed by atoms with Crippen molar-refractivity contribution in [2.24, 2.45) is 17.8 Å². The van der Waals surface area contributed by atoms with Gasteiger partial charge in [-0.05, 0) is 70.3 Å². The van der Waals surface area contributed by atoms with Gasteiger partial charge in [-0.3, -0.25) is 19.1 Å². The number of allylic oxidation sites excluding steroid dienone is 1. The third kappa shape index (κ3) is 7.35. The maximum atomic E-state index is 14.4. The van der Waals surface area contributed by atoms with Gasteiger partial charge in [0.1, 0.15) is 29.5 Å². The van der Waals surface area contributed by atoms with E-state index in [0.717, 1.165) is 11.8 Å². The van der Waals surface area contributed by atoms with Crippen LogP contribution >= 0.6 is 0 Å². The Morgan fingerprint density at radius 3 is 2.55 bits per heavy atom. The van der Waals surface area contributed by atoms with Gasteiger partial charge < -0.3 is 30.1 Å². The Bertz CT molecular complexity index is 1850. The van der Waals surface area contributed by atoms with Gasteiger partial charge in [0.15, 0.2) is 0 Å². The standard InChI is InChI=1S/C36H47N5O9S/c1-5-49-28-19-37-31(26-13-9-8-12-25(26)28)50-24-17-27-30(42)39-36(33(44)40-51(47,48)35(4)14-15-35)18-23(36)11-7-6-10-21(2)16-22(3)29(38-34(45)46)32(43)41(27)20-24/h7-9,11-13,19,21-24,27,29,38H,5-6,10,14-18,20H2,1-4H3,(H,39,42)(H,40,44)(H,45,46)/b11-7-/t21-,22-,23?,24-,27+,29+,36?/m1/s1. The Morgan fingerprint density at radius 2 is 1.86 bits per heavy atom. The van der Waals surface area contributed by atoms with Crippen molar-refractivity contribution in [3.63, 3.8) is 0 Å². The maximum absolute atomic E-state index is 14.4. The third-order valence-corrected chi connectivity index (χ3v) is 13.0. The van der Waals surface area contributed by atoms with Gasteiger partial charge in [-0.1, -0.05) is 44.2 Å². The smallest absolute Gasteiger partial charge is 0.405 e. The van der Waals surface area contributed by atoms with Crippen LogP contribution in [0, 0.1) is 17.8 Å². The maximum Gasteiger partial charge on any atom is 0.405 e. The number of ether oxygens (including phenoxy) is 2. The van der Waals surface area contributed by atoms with Crippen molar-refractivity contribution in [1.29, 1.82) is 0 Å². The predicted octanol–water partition coefficient (Wildman–Crippen LogP) is 3.50. The lowest BCUT2D eigenvalue weighted by molar-refractivity contribution is -0.142. The summed E-state index contributed by atoms with van der Waals surface area (Å²) in [5.41, 5.74) is -1.54. The Labute approximate surface area is 297 Å². The van der Waals surface area contributed by atoms with Crippen molar-refractivity contribution >= 4 is 44.6 Å². The van der Waals surface area contributed by atoms with Gasteiger partial charge in [0.05, 0.1) is 24.1 Å². The number of fused-ring (bicyclic) bond motifs is 3. The van der Waals surface area contributed by atoms with Gasteiger partial charge in [0.2, 0.25) is 27.7 Å². The van der Waals surface area contributed by atoms with Crippen molar-refractivity contribution in [2.75, 3.05) is 13.2 Å². The van der Waals surface area contributed by atoms with Crippen molar-refractivity contribution in [2.45, 2.75) is 101 Å². The third-order valence-electron chi connectivity index (χ3n) is 10.8. The van der Waals surface area contributed by atoms with Crippen molar-refractivity contribution < 1.29 is 42.2 Å². The van der Waals surface area contributed by atoms with E-state index in [9.17, 15) is 32.7 Å². The Morgan fingerprint density at radius 1 is 1.14 bits per heavy atom. The molecular weight excluding hydrogens is 678 g/mol. The fraction of sp³-hybridized carbons (Fsp3) is 0.583. The summed E-state index contributed by atoms with van der Waals surface area (Å²) >= 11 is 0. The topological polar surface area (TPSA) is 193 Å². The molecular formula is C36H47N5O9S. The highest BCUT2D eigenvalue weighted by molar-refractivity contribution is 7.91. The first-order valence-corrected chi connectivity index (χ1v) is 19.2. The summed E-state index contributed by atoms with van der Waals surface area (Å²) in [6.07, 6.45) is 6.24. The molecule has 3 heterocycles. The second-order valence-electron chi connectivity index (χ2n) is 14.8. The molecule has 1 saturated heterocycles. The molecule has 0 spiro atoms. The molecule has 276 valence electrons. The normalized spacial score (nSPS) is 31.2. The Balaban J connectivity index is 1.34. The number of rotatable bonds is 8. The number of hydrogen-bond donors (Lipinski definition) is 4. The zero-order valence-corrected chi connectivity index (χ0v) is 30.2. The summed E-state index contributed by atoms with van der Waals surface area (Å²) in [6, 6.07) is 5.10. The lowest BCUT2D eigenvalue weighted by Gasteiger charge is -2.32. The molecule has 2 aliphatic heterocycles. The summed E-state index contributed by atoms with van der Waals surface area (Å²) in [4.78, 5) is 60.2. The summed E-state index contributed by atoms with van der Waals surface area (Å²) in [6.45, 7) is 7.67. The molecule has 1 aromatic carbocycles.